The van der Waals surface area contributed by atoms with Crippen LogP contribution in [0.5, 0.6) is 0 Å². The normalized spacial score (nSPS) is 16.4. The first-order valence-corrected chi connectivity index (χ1v) is 7.29. The highest BCUT2D eigenvalue weighted by molar-refractivity contribution is 5.82. The summed E-state index contributed by atoms with van der Waals surface area (Å²) in [5, 5.41) is 0. The monoisotopic (exact) mass is 264 g/mol. The van der Waals surface area contributed by atoms with E-state index in [1.54, 1.807) is 0 Å². The highest BCUT2D eigenvalue weighted by atomic mass is 16.1. The number of benzene rings is 2. The van der Waals surface area contributed by atoms with Crippen molar-refractivity contribution in [1.29, 1.82) is 0 Å². The van der Waals surface area contributed by atoms with E-state index in [1.807, 2.05) is 0 Å². The van der Waals surface area contributed by atoms with Crippen molar-refractivity contribution in [3.05, 3.63) is 70.3 Å². The van der Waals surface area contributed by atoms with Crippen LogP contribution in [0, 0.1) is 13.8 Å². The molecule has 0 bridgehead atoms. The van der Waals surface area contributed by atoms with E-state index >= 15 is 0 Å². The van der Waals surface area contributed by atoms with Crippen molar-refractivity contribution < 1.29 is 4.79 Å². The van der Waals surface area contributed by atoms with Crippen LogP contribution in [0.4, 0.5) is 0 Å². The third kappa shape index (κ3) is 2.53. The Labute approximate surface area is 120 Å². The average Bonchev–Trinajstić information content (AvgIpc) is 2.40. The van der Waals surface area contributed by atoms with Crippen LogP contribution in [0.1, 0.15) is 40.2 Å². The van der Waals surface area contributed by atoms with Gasteiger partial charge in [-0.05, 0) is 48.4 Å². The summed E-state index contributed by atoms with van der Waals surface area (Å²) in [5.41, 5.74) is 6.42. The maximum Gasteiger partial charge on any atom is 0.137 e. The molecule has 0 amide bonds. The lowest BCUT2D eigenvalue weighted by Crippen LogP contribution is -2.21. The zero-order valence-corrected chi connectivity index (χ0v) is 12.1. The number of rotatable bonds is 4. The number of hydrogen-bond donors (Lipinski definition) is 0. The highest BCUT2D eigenvalue weighted by Crippen LogP contribution is 2.37. The second kappa shape index (κ2) is 5.24. The molecular weight excluding hydrogens is 244 g/mol. The van der Waals surface area contributed by atoms with Gasteiger partial charge in [0.1, 0.15) is 5.78 Å². The first kappa shape index (κ1) is 13.1. The minimum atomic E-state index is 0.359. The molecule has 0 spiro atoms. The Kier molecular flexibility index (Phi) is 3.43. The minimum Gasteiger partial charge on any atom is -0.299 e. The molecule has 0 heterocycles. The van der Waals surface area contributed by atoms with Gasteiger partial charge in [0.2, 0.25) is 0 Å². The van der Waals surface area contributed by atoms with E-state index < -0.39 is 0 Å². The van der Waals surface area contributed by atoms with E-state index in [0.717, 1.165) is 6.42 Å². The molecule has 1 unspecified atom stereocenters. The molecule has 102 valence electrons. The summed E-state index contributed by atoms with van der Waals surface area (Å²) in [7, 11) is 0. The second-order valence-electron chi connectivity index (χ2n) is 5.95. The van der Waals surface area contributed by atoms with Gasteiger partial charge in [-0.1, -0.05) is 48.0 Å². The van der Waals surface area contributed by atoms with Crippen LogP contribution in [-0.2, 0) is 17.6 Å². The molecule has 0 aliphatic heterocycles. The predicted molar refractivity (Wildman–Crippen MR) is 82.1 cm³/mol. The van der Waals surface area contributed by atoms with Gasteiger partial charge in [-0.15, -0.1) is 0 Å². The predicted octanol–water partition coefficient (Wildman–Crippen LogP) is 4.15. The van der Waals surface area contributed by atoms with Crippen LogP contribution in [0.3, 0.4) is 0 Å². The standard InChI is InChI=1S/C19H20O/c1-13-7-8-14(2)16(9-13)11-18(20)12-17-10-15-5-3-4-6-19(15)17/h3-9,17H,10-12H2,1-2H3. The van der Waals surface area contributed by atoms with Crippen molar-refractivity contribution in [1.82, 2.24) is 0 Å². The summed E-state index contributed by atoms with van der Waals surface area (Å²) in [4.78, 5) is 12.3. The molecule has 3 rings (SSSR count). The van der Waals surface area contributed by atoms with Gasteiger partial charge in [0.15, 0.2) is 0 Å². The number of Topliss-reactive ketones (excluding diaryl/α,β-unsaturated/α-hetero) is 1. The van der Waals surface area contributed by atoms with E-state index in [9.17, 15) is 4.79 Å². The Bertz CT molecular complexity index is 655. The second-order valence-corrected chi connectivity index (χ2v) is 5.95. The van der Waals surface area contributed by atoms with Gasteiger partial charge in [-0.3, -0.25) is 4.79 Å². The number of carbonyl (C=O) groups excluding carboxylic acids is 1. The van der Waals surface area contributed by atoms with Crippen LogP contribution in [0.25, 0.3) is 0 Å². The van der Waals surface area contributed by atoms with Crippen LogP contribution >= 0.6 is 0 Å². The molecule has 0 fully saturated rings. The molecule has 2 aromatic carbocycles. The zero-order valence-electron chi connectivity index (χ0n) is 12.1. The molecule has 1 atom stereocenters. The van der Waals surface area contributed by atoms with Crippen LogP contribution in [0.15, 0.2) is 42.5 Å². The van der Waals surface area contributed by atoms with E-state index in [-0.39, 0.29) is 0 Å². The number of fused-ring (bicyclic) bond motifs is 1. The fourth-order valence-corrected chi connectivity index (χ4v) is 3.09. The van der Waals surface area contributed by atoms with E-state index in [1.165, 1.54) is 27.8 Å². The van der Waals surface area contributed by atoms with Gasteiger partial charge in [0, 0.05) is 12.8 Å². The first-order chi connectivity index (χ1) is 9.63. The van der Waals surface area contributed by atoms with Gasteiger partial charge in [-0.2, -0.15) is 0 Å². The fourth-order valence-electron chi connectivity index (χ4n) is 3.09. The van der Waals surface area contributed by atoms with Gasteiger partial charge in [0.05, 0.1) is 0 Å². The maximum atomic E-state index is 12.3. The van der Waals surface area contributed by atoms with E-state index in [0.29, 0.717) is 24.5 Å². The molecule has 1 nitrogen and oxygen atoms in total. The molecule has 2 aromatic rings. The van der Waals surface area contributed by atoms with Gasteiger partial charge in [-0.25, -0.2) is 0 Å². The van der Waals surface area contributed by atoms with Crippen molar-refractivity contribution in [2.45, 2.75) is 39.0 Å². The fraction of sp³-hybridized carbons (Fsp3) is 0.316. The minimum absolute atomic E-state index is 0.359. The third-order valence-electron chi connectivity index (χ3n) is 4.33. The molecule has 20 heavy (non-hydrogen) atoms. The average molecular weight is 264 g/mol. The number of ketones is 1. The lowest BCUT2D eigenvalue weighted by Gasteiger charge is -2.29. The topological polar surface area (TPSA) is 17.1 Å². The summed E-state index contributed by atoms with van der Waals surface area (Å²) in [6, 6.07) is 14.8. The van der Waals surface area contributed by atoms with Crippen LogP contribution in [0.2, 0.25) is 0 Å². The molecule has 0 saturated heterocycles. The van der Waals surface area contributed by atoms with Gasteiger partial charge >= 0.3 is 0 Å². The summed E-state index contributed by atoms with van der Waals surface area (Å²) >= 11 is 0. The lowest BCUT2D eigenvalue weighted by atomic mass is 9.74. The Morgan fingerprint density at radius 1 is 1.15 bits per heavy atom. The van der Waals surface area contributed by atoms with Crippen LogP contribution in [-0.4, -0.2) is 5.78 Å². The van der Waals surface area contributed by atoms with E-state index in [4.69, 9.17) is 0 Å². The quantitative estimate of drug-likeness (QED) is 0.811. The number of carbonyl (C=O) groups is 1. The summed E-state index contributed by atoms with van der Waals surface area (Å²) in [5.74, 6) is 0.807. The Hall–Kier alpha value is -1.89. The molecule has 1 heteroatoms. The summed E-state index contributed by atoms with van der Waals surface area (Å²) < 4.78 is 0. The molecule has 1 aliphatic carbocycles. The SMILES string of the molecule is Cc1ccc(C)c(CC(=O)CC2Cc3ccccc32)c1. The smallest absolute Gasteiger partial charge is 0.137 e. The van der Waals surface area contributed by atoms with Crippen molar-refractivity contribution in [2.24, 2.45) is 0 Å². The maximum absolute atomic E-state index is 12.3. The van der Waals surface area contributed by atoms with Gasteiger partial charge in [0.25, 0.3) is 0 Å². The summed E-state index contributed by atoms with van der Waals surface area (Å²) in [6.07, 6.45) is 2.32. The molecular formula is C19H20O. The molecule has 1 aliphatic rings. The van der Waals surface area contributed by atoms with E-state index in [2.05, 4.69) is 56.3 Å². The molecule has 0 radical (unpaired) electrons. The molecule has 0 N–H and O–H groups in total. The third-order valence-corrected chi connectivity index (χ3v) is 4.33. The lowest BCUT2D eigenvalue weighted by molar-refractivity contribution is -0.118. The zero-order chi connectivity index (χ0) is 14.1. The van der Waals surface area contributed by atoms with Crippen molar-refractivity contribution >= 4 is 5.78 Å². The first-order valence-electron chi connectivity index (χ1n) is 7.29. The largest absolute Gasteiger partial charge is 0.299 e. The van der Waals surface area contributed by atoms with Crippen molar-refractivity contribution in [3.8, 4) is 0 Å². The molecule has 0 aromatic heterocycles. The number of aryl methyl sites for hydroxylation is 2. The molecule has 0 saturated carbocycles. The van der Waals surface area contributed by atoms with Crippen molar-refractivity contribution in [3.63, 3.8) is 0 Å². The van der Waals surface area contributed by atoms with Crippen molar-refractivity contribution in [2.75, 3.05) is 0 Å². The highest BCUT2D eigenvalue weighted by Gasteiger charge is 2.27. The Balaban J connectivity index is 1.65. The summed E-state index contributed by atoms with van der Waals surface area (Å²) in [6.45, 7) is 4.16. The van der Waals surface area contributed by atoms with Gasteiger partial charge < -0.3 is 0 Å². The van der Waals surface area contributed by atoms with Crippen LogP contribution < -0.4 is 0 Å². The number of hydrogen-bond acceptors (Lipinski definition) is 1. The Morgan fingerprint density at radius 2 is 1.95 bits per heavy atom. The Morgan fingerprint density at radius 3 is 2.75 bits per heavy atom.